The van der Waals surface area contributed by atoms with E-state index in [2.05, 4.69) is 39.2 Å². The fourth-order valence-electron chi connectivity index (χ4n) is 4.01. The van der Waals surface area contributed by atoms with Crippen molar-refractivity contribution in [1.29, 1.82) is 0 Å². The quantitative estimate of drug-likeness (QED) is 0.633. The number of ether oxygens (including phenoxy) is 2. The van der Waals surface area contributed by atoms with Crippen molar-refractivity contribution in [3.05, 3.63) is 23.3 Å². The zero-order valence-corrected chi connectivity index (χ0v) is 17.3. The zero-order valence-electron chi connectivity index (χ0n) is 17.3. The molecule has 1 N–H and O–H groups in total. The second-order valence-corrected chi connectivity index (χ2v) is 7.65. The van der Waals surface area contributed by atoms with Gasteiger partial charge in [0.2, 0.25) is 0 Å². The van der Waals surface area contributed by atoms with Gasteiger partial charge in [-0.15, -0.1) is 0 Å². The van der Waals surface area contributed by atoms with Gasteiger partial charge in [0.25, 0.3) is 0 Å². The summed E-state index contributed by atoms with van der Waals surface area (Å²) in [5, 5.41) is 3.56. The lowest BCUT2D eigenvalue weighted by Gasteiger charge is -2.34. The molecule has 1 saturated heterocycles. The molecule has 150 valence electrons. The van der Waals surface area contributed by atoms with Crippen LogP contribution in [0, 0.1) is 5.92 Å². The van der Waals surface area contributed by atoms with Crippen LogP contribution in [0.2, 0.25) is 0 Å². The summed E-state index contributed by atoms with van der Waals surface area (Å²) in [4.78, 5) is 9.36. The number of nitrogens with zero attached hydrogens (tertiary/aromatic N) is 3. The van der Waals surface area contributed by atoms with Crippen molar-refractivity contribution in [3.63, 3.8) is 0 Å². The number of fused-ring (bicyclic) bond motifs is 1. The van der Waals surface area contributed by atoms with Gasteiger partial charge >= 0.3 is 0 Å². The summed E-state index contributed by atoms with van der Waals surface area (Å²) in [7, 11) is 5.28. The Morgan fingerprint density at radius 1 is 1.11 bits per heavy atom. The van der Waals surface area contributed by atoms with Crippen LogP contribution in [0.5, 0.6) is 11.5 Å². The number of aliphatic imine (C=N–C) groups is 1. The van der Waals surface area contributed by atoms with Crippen molar-refractivity contribution in [3.8, 4) is 11.5 Å². The molecule has 0 unspecified atom stereocenters. The lowest BCUT2D eigenvalue weighted by Crippen LogP contribution is -2.47. The molecule has 6 nitrogen and oxygen atoms in total. The maximum atomic E-state index is 5.46. The van der Waals surface area contributed by atoms with Crippen LogP contribution >= 0.6 is 0 Å². The molecule has 3 rings (SSSR count). The van der Waals surface area contributed by atoms with Crippen LogP contribution in [-0.2, 0) is 13.0 Å². The van der Waals surface area contributed by atoms with Gasteiger partial charge in [0.05, 0.1) is 14.2 Å². The molecule has 0 saturated carbocycles. The monoisotopic (exact) mass is 374 g/mol. The van der Waals surface area contributed by atoms with Gasteiger partial charge in [0, 0.05) is 46.3 Å². The van der Waals surface area contributed by atoms with Gasteiger partial charge in [-0.2, -0.15) is 0 Å². The number of guanidine groups is 1. The molecular formula is C21H34N4O2. The van der Waals surface area contributed by atoms with Crippen LogP contribution in [0.4, 0.5) is 0 Å². The molecule has 0 atom stereocenters. The molecule has 6 heteroatoms. The van der Waals surface area contributed by atoms with E-state index in [4.69, 9.17) is 9.47 Å². The Balaban J connectivity index is 1.51. The largest absolute Gasteiger partial charge is 0.493 e. The van der Waals surface area contributed by atoms with Crippen molar-refractivity contribution in [2.75, 3.05) is 54.0 Å². The summed E-state index contributed by atoms with van der Waals surface area (Å²) in [6.07, 6.45) is 3.57. The van der Waals surface area contributed by atoms with Gasteiger partial charge in [-0.3, -0.25) is 9.89 Å². The molecule has 27 heavy (non-hydrogen) atoms. The first-order chi connectivity index (χ1) is 13.1. The average molecular weight is 375 g/mol. The Labute approximate surface area is 163 Å². The van der Waals surface area contributed by atoms with Crippen molar-refractivity contribution in [2.45, 2.75) is 32.7 Å². The lowest BCUT2D eigenvalue weighted by atomic mass is 9.99. The van der Waals surface area contributed by atoms with Crippen molar-refractivity contribution >= 4 is 5.96 Å². The number of benzene rings is 1. The molecule has 0 aromatic heterocycles. The van der Waals surface area contributed by atoms with Gasteiger partial charge in [0.1, 0.15) is 0 Å². The molecule has 1 aromatic carbocycles. The second-order valence-electron chi connectivity index (χ2n) is 7.65. The minimum atomic E-state index is 0.816. The molecule has 1 aromatic rings. The van der Waals surface area contributed by atoms with Gasteiger partial charge in [-0.25, -0.2) is 0 Å². The van der Waals surface area contributed by atoms with E-state index in [0.29, 0.717) is 0 Å². The number of piperidine rings is 1. The van der Waals surface area contributed by atoms with E-state index in [-0.39, 0.29) is 0 Å². The van der Waals surface area contributed by atoms with E-state index in [0.717, 1.165) is 69.1 Å². The van der Waals surface area contributed by atoms with Crippen LogP contribution in [0.25, 0.3) is 0 Å². The molecule has 0 aliphatic carbocycles. The van der Waals surface area contributed by atoms with Crippen LogP contribution in [0.3, 0.4) is 0 Å². The van der Waals surface area contributed by atoms with E-state index >= 15 is 0 Å². The Hall–Kier alpha value is -1.95. The zero-order chi connectivity index (χ0) is 19.2. The van der Waals surface area contributed by atoms with Gasteiger partial charge in [-0.05, 0) is 48.4 Å². The maximum Gasteiger partial charge on any atom is 0.193 e. The maximum absolute atomic E-state index is 5.46. The first-order valence-corrected chi connectivity index (χ1v) is 10.1. The molecule has 0 spiro atoms. The predicted molar refractivity (Wildman–Crippen MR) is 110 cm³/mol. The lowest BCUT2D eigenvalue weighted by molar-refractivity contribution is 0.249. The first kappa shape index (κ1) is 19.8. The van der Waals surface area contributed by atoms with E-state index in [1.54, 1.807) is 14.2 Å². The second kappa shape index (κ2) is 9.31. The molecule has 0 bridgehead atoms. The third kappa shape index (κ3) is 4.86. The Kier molecular flexibility index (Phi) is 6.83. The highest BCUT2D eigenvalue weighted by molar-refractivity contribution is 5.79. The van der Waals surface area contributed by atoms with E-state index in [9.17, 15) is 0 Å². The minimum Gasteiger partial charge on any atom is -0.493 e. The molecular weight excluding hydrogens is 340 g/mol. The molecule has 0 radical (unpaired) electrons. The number of nitrogens with one attached hydrogen (secondary N) is 1. The summed E-state index contributed by atoms with van der Waals surface area (Å²) in [5.74, 6) is 3.52. The topological polar surface area (TPSA) is 49.3 Å². The smallest absolute Gasteiger partial charge is 0.193 e. The summed E-state index contributed by atoms with van der Waals surface area (Å²) in [5.41, 5.74) is 2.71. The molecule has 2 aliphatic rings. The van der Waals surface area contributed by atoms with Gasteiger partial charge in [0.15, 0.2) is 17.5 Å². The fourth-order valence-corrected chi connectivity index (χ4v) is 4.01. The summed E-state index contributed by atoms with van der Waals surface area (Å²) in [6, 6.07) is 4.25. The predicted octanol–water partition coefficient (Wildman–Crippen LogP) is 2.37. The van der Waals surface area contributed by atoms with E-state index in [1.807, 2.05) is 7.05 Å². The minimum absolute atomic E-state index is 0.816. The molecule has 2 heterocycles. The van der Waals surface area contributed by atoms with Crippen molar-refractivity contribution in [2.24, 2.45) is 10.9 Å². The Bertz CT molecular complexity index is 654. The van der Waals surface area contributed by atoms with E-state index < -0.39 is 0 Å². The average Bonchev–Trinajstić information content (AvgIpc) is 2.71. The van der Waals surface area contributed by atoms with Crippen molar-refractivity contribution < 1.29 is 9.47 Å². The first-order valence-electron chi connectivity index (χ1n) is 10.1. The summed E-state index contributed by atoms with van der Waals surface area (Å²) >= 11 is 0. The number of methoxy groups -OCH3 is 2. The van der Waals surface area contributed by atoms with Crippen molar-refractivity contribution in [1.82, 2.24) is 15.1 Å². The molecule has 2 aliphatic heterocycles. The highest BCUT2D eigenvalue weighted by Crippen LogP contribution is 2.33. The molecule has 1 fully saturated rings. The normalized spacial score (nSPS) is 19.0. The van der Waals surface area contributed by atoms with Gasteiger partial charge < -0.3 is 19.7 Å². The standard InChI is InChI=1S/C21H34N4O2/c1-16-5-10-25(11-6-16)21(22-2)23-8-12-24-9-7-17-13-19(26-3)20(27-4)14-18(17)15-24/h13-14,16H,5-12,15H2,1-4H3,(H,22,23). The Morgan fingerprint density at radius 2 is 1.78 bits per heavy atom. The highest BCUT2D eigenvalue weighted by Gasteiger charge is 2.21. The van der Waals surface area contributed by atoms with Gasteiger partial charge in [-0.1, -0.05) is 6.92 Å². The van der Waals surface area contributed by atoms with Crippen LogP contribution in [0.1, 0.15) is 30.9 Å². The fraction of sp³-hybridized carbons (Fsp3) is 0.667. The highest BCUT2D eigenvalue weighted by atomic mass is 16.5. The van der Waals surface area contributed by atoms with Crippen LogP contribution < -0.4 is 14.8 Å². The SMILES string of the molecule is CN=C(NCCN1CCc2cc(OC)c(OC)cc2C1)N1CCC(C)CC1. The van der Waals surface area contributed by atoms with Crippen LogP contribution in [-0.4, -0.2) is 69.8 Å². The molecule has 0 amide bonds. The number of hydrogen-bond donors (Lipinski definition) is 1. The third-order valence-electron chi connectivity index (χ3n) is 5.80. The third-order valence-corrected chi connectivity index (χ3v) is 5.80. The number of likely N-dealkylation sites (tertiary alicyclic amines) is 1. The summed E-state index contributed by atoms with van der Waals surface area (Å²) in [6.45, 7) is 8.52. The van der Waals surface area contributed by atoms with Crippen LogP contribution in [0.15, 0.2) is 17.1 Å². The summed E-state index contributed by atoms with van der Waals surface area (Å²) < 4.78 is 10.9. The Morgan fingerprint density at radius 3 is 2.41 bits per heavy atom. The van der Waals surface area contributed by atoms with E-state index in [1.165, 1.54) is 24.0 Å². The number of hydrogen-bond acceptors (Lipinski definition) is 4. The number of rotatable bonds is 5.